The number of benzene rings is 2. The zero-order valence-electron chi connectivity index (χ0n) is 17.3. The van der Waals surface area contributed by atoms with Gasteiger partial charge in [-0.25, -0.2) is 9.59 Å². The maximum Gasteiger partial charge on any atom is 0.358 e. The van der Waals surface area contributed by atoms with E-state index in [0.29, 0.717) is 28.0 Å². The minimum Gasteiger partial charge on any atom is -0.479 e. The Labute approximate surface area is 183 Å². The third-order valence-electron chi connectivity index (χ3n) is 5.33. The van der Waals surface area contributed by atoms with Crippen molar-refractivity contribution in [3.8, 4) is 17.0 Å². The van der Waals surface area contributed by atoms with Crippen LogP contribution in [0.15, 0.2) is 60.7 Å². The molecule has 0 bridgehead atoms. The predicted octanol–water partition coefficient (Wildman–Crippen LogP) is 3.80. The van der Waals surface area contributed by atoms with E-state index < -0.39 is 18.0 Å². The molecule has 0 radical (unpaired) electrons. The standard InChI is InChI=1S/C24H20N2O6/c1-13-7-12-18(26-19(24(30)31)22(32-2)25-21(13)26)20(27)15-10-8-14(9-11-15)16-5-3-4-6-17(16)23(28)29/h3-12,20,27H,1-2H3,(H,28,29)(H,30,31)/t20-/m1/s1. The van der Waals surface area contributed by atoms with Crippen LogP contribution < -0.4 is 4.74 Å². The molecule has 8 nitrogen and oxygen atoms in total. The van der Waals surface area contributed by atoms with Crippen LogP contribution in [0.25, 0.3) is 16.8 Å². The lowest BCUT2D eigenvalue weighted by Gasteiger charge is -2.16. The van der Waals surface area contributed by atoms with Gasteiger partial charge in [-0.05, 0) is 41.3 Å². The zero-order chi connectivity index (χ0) is 23.0. The van der Waals surface area contributed by atoms with Crippen molar-refractivity contribution >= 4 is 17.6 Å². The minimum atomic E-state index is -1.23. The van der Waals surface area contributed by atoms with Gasteiger partial charge >= 0.3 is 11.9 Å². The number of methoxy groups -OCH3 is 1. The number of aryl methyl sites for hydroxylation is 1. The Bertz CT molecular complexity index is 1340. The molecule has 0 aliphatic carbocycles. The monoisotopic (exact) mass is 432 g/mol. The molecule has 2 aromatic carbocycles. The molecule has 32 heavy (non-hydrogen) atoms. The van der Waals surface area contributed by atoms with E-state index in [-0.39, 0.29) is 17.1 Å². The number of ether oxygens (including phenoxy) is 1. The lowest BCUT2D eigenvalue weighted by atomic mass is 9.97. The Morgan fingerprint density at radius 3 is 2.28 bits per heavy atom. The summed E-state index contributed by atoms with van der Waals surface area (Å²) in [6.45, 7) is 1.79. The highest BCUT2D eigenvalue weighted by atomic mass is 16.5. The van der Waals surface area contributed by atoms with Gasteiger partial charge in [-0.1, -0.05) is 48.5 Å². The van der Waals surface area contributed by atoms with Crippen molar-refractivity contribution < 1.29 is 29.6 Å². The summed E-state index contributed by atoms with van der Waals surface area (Å²) >= 11 is 0. The number of carboxylic acids is 2. The number of hydrogen-bond donors (Lipinski definition) is 3. The van der Waals surface area contributed by atoms with Crippen LogP contribution in [0, 0.1) is 6.92 Å². The first kappa shape index (κ1) is 21.1. The fourth-order valence-electron chi connectivity index (χ4n) is 3.76. The summed E-state index contributed by atoms with van der Waals surface area (Å²) in [5, 5.41) is 30.2. The van der Waals surface area contributed by atoms with E-state index in [1.165, 1.54) is 17.6 Å². The van der Waals surface area contributed by atoms with E-state index in [1.54, 1.807) is 61.5 Å². The first-order valence-electron chi connectivity index (χ1n) is 9.73. The second kappa shape index (κ2) is 8.16. The van der Waals surface area contributed by atoms with Crippen molar-refractivity contribution in [2.45, 2.75) is 13.0 Å². The van der Waals surface area contributed by atoms with Crippen LogP contribution in [0.3, 0.4) is 0 Å². The second-order valence-electron chi connectivity index (χ2n) is 7.25. The van der Waals surface area contributed by atoms with Crippen molar-refractivity contribution in [1.29, 1.82) is 0 Å². The summed E-state index contributed by atoms with van der Waals surface area (Å²) in [5.74, 6) is -2.29. The number of rotatable bonds is 6. The van der Waals surface area contributed by atoms with Crippen LogP contribution in [0.5, 0.6) is 5.88 Å². The van der Waals surface area contributed by atoms with E-state index in [2.05, 4.69) is 4.98 Å². The van der Waals surface area contributed by atoms with Gasteiger partial charge in [0.05, 0.1) is 18.4 Å². The highest BCUT2D eigenvalue weighted by Gasteiger charge is 2.25. The molecular weight excluding hydrogens is 412 g/mol. The van der Waals surface area contributed by atoms with Gasteiger partial charge in [-0.15, -0.1) is 0 Å². The average molecular weight is 432 g/mol. The molecule has 3 N–H and O–H groups in total. The third-order valence-corrected chi connectivity index (χ3v) is 5.33. The normalized spacial score (nSPS) is 12.0. The van der Waals surface area contributed by atoms with Gasteiger partial charge in [-0.3, -0.25) is 4.40 Å². The quantitative estimate of drug-likeness (QED) is 0.424. The van der Waals surface area contributed by atoms with Gasteiger partial charge in [-0.2, -0.15) is 4.98 Å². The first-order valence-corrected chi connectivity index (χ1v) is 9.73. The molecule has 0 unspecified atom stereocenters. The molecule has 0 saturated carbocycles. The summed E-state index contributed by atoms with van der Waals surface area (Å²) in [5.41, 5.74) is 3.18. The zero-order valence-corrected chi connectivity index (χ0v) is 17.3. The van der Waals surface area contributed by atoms with Gasteiger partial charge < -0.3 is 20.1 Å². The SMILES string of the molecule is COc1nc2c(C)ccc([C@H](O)c3ccc(-c4ccccc4C(=O)O)cc3)n2c1C(=O)O. The van der Waals surface area contributed by atoms with Crippen LogP contribution in [0.4, 0.5) is 0 Å². The molecule has 0 saturated heterocycles. The number of carboxylic acid groups (broad SMARTS) is 2. The van der Waals surface area contributed by atoms with E-state index in [9.17, 15) is 24.9 Å². The maximum absolute atomic E-state index is 11.9. The molecule has 4 rings (SSSR count). The van der Waals surface area contributed by atoms with E-state index >= 15 is 0 Å². The summed E-state index contributed by atoms with van der Waals surface area (Å²) in [7, 11) is 1.34. The molecule has 0 amide bonds. The summed E-state index contributed by atoms with van der Waals surface area (Å²) < 4.78 is 6.52. The molecule has 2 heterocycles. The Kier molecular flexibility index (Phi) is 5.38. The van der Waals surface area contributed by atoms with E-state index in [0.717, 1.165) is 5.56 Å². The van der Waals surface area contributed by atoms with Gasteiger partial charge in [0.1, 0.15) is 11.8 Å². The number of aromatic nitrogens is 2. The molecule has 0 spiro atoms. The third kappa shape index (κ3) is 3.46. The molecule has 0 aliphatic heterocycles. The highest BCUT2D eigenvalue weighted by molar-refractivity contribution is 5.96. The number of fused-ring (bicyclic) bond motifs is 1. The topological polar surface area (TPSA) is 121 Å². The molecule has 0 aliphatic rings. The van der Waals surface area contributed by atoms with Crippen LogP contribution in [0.2, 0.25) is 0 Å². The summed E-state index contributed by atoms with van der Waals surface area (Å²) in [6, 6.07) is 16.9. The fraction of sp³-hybridized carbons (Fsp3) is 0.125. The lowest BCUT2D eigenvalue weighted by molar-refractivity contribution is 0.0678. The van der Waals surface area contributed by atoms with Crippen LogP contribution in [-0.2, 0) is 0 Å². The minimum absolute atomic E-state index is 0.0409. The van der Waals surface area contributed by atoms with Gasteiger partial charge in [0.25, 0.3) is 0 Å². The lowest BCUT2D eigenvalue weighted by Crippen LogP contribution is -2.12. The van der Waals surface area contributed by atoms with Gasteiger partial charge in [0.2, 0.25) is 5.88 Å². The number of carbonyl (C=O) groups is 2. The number of pyridine rings is 1. The molecule has 4 aromatic rings. The van der Waals surface area contributed by atoms with Crippen molar-refractivity contribution in [3.05, 3.63) is 88.7 Å². The van der Waals surface area contributed by atoms with E-state index in [4.69, 9.17) is 4.74 Å². The number of nitrogens with zero attached hydrogens (tertiary/aromatic N) is 2. The molecule has 1 atom stereocenters. The summed E-state index contributed by atoms with van der Waals surface area (Å²) in [4.78, 5) is 27.7. The largest absolute Gasteiger partial charge is 0.479 e. The number of aliphatic hydroxyl groups is 1. The first-order chi connectivity index (χ1) is 15.3. The Morgan fingerprint density at radius 1 is 0.969 bits per heavy atom. The fourth-order valence-corrected chi connectivity index (χ4v) is 3.76. The summed E-state index contributed by atoms with van der Waals surface area (Å²) in [6.07, 6.45) is -1.15. The van der Waals surface area contributed by atoms with Crippen LogP contribution in [0.1, 0.15) is 43.8 Å². The number of imidazole rings is 1. The van der Waals surface area contributed by atoms with Crippen molar-refractivity contribution in [1.82, 2.24) is 9.38 Å². The number of aromatic carboxylic acids is 2. The number of hydrogen-bond acceptors (Lipinski definition) is 5. The predicted molar refractivity (Wildman–Crippen MR) is 116 cm³/mol. The molecule has 2 aromatic heterocycles. The second-order valence-corrected chi connectivity index (χ2v) is 7.25. The van der Waals surface area contributed by atoms with Crippen LogP contribution >= 0.6 is 0 Å². The van der Waals surface area contributed by atoms with E-state index in [1.807, 2.05) is 0 Å². The molecule has 162 valence electrons. The molecule has 0 fully saturated rings. The maximum atomic E-state index is 11.9. The van der Waals surface area contributed by atoms with Crippen molar-refractivity contribution in [2.24, 2.45) is 0 Å². The Hall–Kier alpha value is -4.17. The number of aliphatic hydroxyl groups excluding tert-OH is 1. The Balaban J connectivity index is 1.80. The smallest absolute Gasteiger partial charge is 0.358 e. The highest BCUT2D eigenvalue weighted by Crippen LogP contribution is 2.31. The molecular formula is C24H20N2O6. The van der Waals surface area contributed by atoms with Crippen molar-refractivity contribution in [3.63, 3.8) is 0 Å². The molecule has 8 heteroatoms. The van der Waals surface area contributed by atoms with Gasteiger partial charge in [0.15, 0.2) is 5.69 Å². The average Bonchev–Trinajstić information content (AvgIpc) is 3.20. The Morgan fingerprint density at radius 2 is 1.66 bits per heavy atom. The van der Waals surface area contributed by atoms with Gasteiger partial charge in [0, 0.05) is 0 Å². The van der Waals surface area contributed by atoms with Crippen molar-refractivity contribution in [2.75, 3.05) is 7.11 Å². The van der Waals surface area contributed by atoms with Crippen LogP contribution in [-0.4, -0.2) is 43.8 Å².